The van der Waals surface area contributed by atoms with Crippen molar-refractivity contribution in [2.45, 2.75) is 6.92 Å². The molecule has 0 bridgehead atoms. The Bertz CT molecular complexity index is 815. The molecule has 0 saturated carbocycles. The molecule has 0 aliphatic carbocycles. The van der Waals surface area contributed by atoms with Crippen molar-refractivity contribution >= 4 is 37.9 Å². The van der Waals surface area contributed by atoms with Gasteiger partial charge in [0.25, 0.3) is 15.9 Å². The summed E-state index contributed by atoms with van der Waals surface area (Å²) in [6, 6.07) is 14.0. The summed E-state index contributed by atoms with van der Waals surface area (Å²) < 4.78 is 26.4. The highest BCUT2D eigenvalue weighted by atomic mass is 79.9. The van der Waals surface area contributed by atoms with Gasteiger partial charge in [-0.25, -0.2) is 13.1 Å². The summed E-state index contributed by atoms with van der Waals surface area (Å²) in [5.74, 6) is -0.676. The fourth-order valence-electron chi connectivity index (χ4n) is 1.75. The van der Waals surface area contributed by atoms with Crippen LogP contribution in [0.15, 0.2) is 58.4 Å². The number of hydrogen-bond donors (Lipinski definition) is 1. The van der Waals surface area contributed by atoms with E-state index in [1.54, 1.807) is 42.5 Å². The monoisotopic (exact) mass is 379 g/mol. The molecule has 1 amide bonds. The lowest BCUT2D eigenvalue weighted by Crippen LogP contribution is -2.29. The van der Waals surface area contributed by atoms with E-state index in [2.05, 4.69) is 15.9 Å². The lowest BCUT2D eigenvalue weighted by atomic mass is 10.1. The van der Waals surface area contributed by atoms with Gasteiger partial charge in [-0.15, -0.1) is 0 Å². The zero-order chi connectivity index (χ0) is 16.2. The largest absolute Gasteiger partial charge is 0.268 e. The Kier molecular flexibility index (Phi) is 5.15. The van der Waals surface area contributed by atoms with Gasteiger partial charge in [0.05, 0.1) is 11.0 Å². The summed E-state index contributed by atoms with van der Waals surface area (Å²) in [7, 11) is -3.85. The minimum atomic E-state index is -3.85. The number of nitrogens with one attached hydrogen (secondary N) is 1. The molecule has 1 N–H and O–H groups in total. The first-order valence-corrected chi connectivity index (χ1v) is 8.78. The van der Waals surface area contributed by atoms with Gasteiger partial charge in [0.2, 0.25) is 0 Å². The molecule has 6 heteroatoms. The van der Waals surface area contributed by atoms with Gasteiger partial charge in [-0.05, 0) is 52.2 Å². The SMILES string of the molecule is Cc1ccc(C(=O)NS(=O)(=O)C=Cc2ccccc2)c(Br)c1. The maximum atomic E-state index is 12.0. The third-order valence-corrected chi connectivity index (χ3v) is 4.46. The summed E-state index contributed by atoms with van der Waals surface area (Å²) in [5.41, 5.74) is 1.97. The van der Waals surface area contributed by atoms with Crippen molar-refractivity contribution < 1.29 is 13.2 Å². The zero-order valence-electron chi connectivity index (χ0n) is 11.8. The van der Waals surface area contributed by atoms with Gasteiger partial charge in [0.1, 0.15) is 0 Å². The van der Waals surface area contributed by atoms with Crippen LogP contribution in [0.1, 0.15) is 21.5 Å². The lowest BCUT2D eigenvalue weighted by molar-refractivity contribution is 0.0981. The van der Waals surface area contributed by atoms with Crippen LogP contribution in [-0.2, 0) is 10.0 Å². The van der Waals surface area contributed by atoms with E-state index in [0.29, 0.717) is 4.47 Å². The van der Waals surface area contributed by atoms with Crippen LogP contribution in [0, 0.1) is 6.92 Å². The Hall–Kier alpha value is -1.92. The number of aryl methyl sites for hydroxylation is 1. The van der Waals surface area contributed by atoms with Crippen molar-refractivity contribution in [1.29, 1.82) is 0 Å². The fraction of sp³-hybridized carbons (Fsp3) is 0.0625. The fourth-order valence-corrected chi connectivity index (χ4v) is 3.20. The van der Waals surface area contributed by atoms with Gasteiger partial charge >= 0.3 is 0 Å². The molecule has 114 valence electrons. The van der Waals surface area contributed by atoms with Gasteiger partial charge in [0, 0.05) is 4.47 Å². The number of carbonyl (C=O) groups is 1. The van der Waals surface area contributed by atoms with Crippen LogP contribution in [0.3, 0.4) is 0 Å². The molecule has 0 heterocycles. The van der Waals surface area contributed by atoms with Crippen molar-refractivity contribution in [2.24, 2.45) is 0 Å². The average molecular weight is 380 g/mol. The van der Waals surface area contributed by atoms with Crippen LogP contribution in [-0.4, -0.2) is 14.3 Å². The first-order valence-electron chi connectivity index (χ1n) is 6.44. The Labute approximate surface area is 138 Å². The summed E-state index contributed by atoms with van der Waals surface area (Å²) in [5, 5.41) is 0.975. The Morgan fingerprint density at radius 3 is 2.45 bits per heavy atom. The van der Waals surface area contributed by atoms with Crippen molar-refractivity contribution in [1.82, 2.24) is 4.72 Å². The minimum absolute atomic E-state index is 0.266. The summed E-state index contributed by atoms with van der Waals surface area (Å²) >= 11 is 3.26. The van der Waals surface area contributed by atoms with E-state index in [1.807, 2.05) is 17.7 Å². The number of halogens is 1. The second-order valence-corrected chi connectivity index (χ2v) is 7.09. The van der Waals surface area contributed by atoms with E-state index in [1.165, 1.54) is 6.08 Å². The molecule has 2 aromatic rings. The minimum Gasteiger partial charge on any atom is -0.268 e. The molecule has 0 aliphatic heterocycles. The Morgan fingerprint density at radius 2 is 1.82 bits per heavy atom. The highest BCUT2D eigenvalue weighted by Crippen LogP contribution is 2.18. The number of amides is 1. The molecule has 0 radical (unpaired) electrons. The van der Waals surface area contributed by atoms with Gasteiger partial charge in [-0.3, -0.25) is 4.79 Å². The van der Waals surface area contributed by atoms with Crippen LogP contribution < -0.4 is 4.72 Å². The topological polar surface area (TPSA) is 63.2 Å². The number of rotatable bonds is 4. The second kappa shape index (κ2) is 6.89. The third kappa shape index (κ3) is 4.54. The molecule has 0 saturated heterocycles. The zero-order valence-corrected chi connectivity index (χ0v) is 14.2. The van der Waals surface area contributed by atoms with E-state index in [0.717, 1.165) is 16.5 Å². The predicted octanol–water partition coefficient (Wildman–Crippen LogP) is 3.49. The van der Waals surface area contributed by atoms with Crippen LogP contribution in [0.4, 0.5) is 0 Å². The summed E-state index contributed by atoms with van der Waals surface area (Å²) in [6.07, 6.45) is 1.43. The molecule has 0 aromatic heterocycles. The molecule has 0 atom stereocenters. The highest BCUT2D eigenvalue weighted by Gasteiger charge is 2.15. The smallest absolute Gasteiger partial charge is 0.266 e. The van der Waals surface area contributed by atoms with Crippen molar-refractivity contribution in [3.63, 3.8) is 0 Å². The van der Waals surface area contributed by atoms with Crippen molar-refractivity contribution in [2.75, 3.05) is 0 Å². The molecule has 2 rings (SSSR count). The van der Waals surface area contributed by atoms with Gasteiger partial charge in [0.15, 0.2) is 0 Å². The molecule has 4 nitrogen and oxygen atoms in total. The van der Waals surface area contributed by atoms with Crippen LogP contribution in [0.5, 0.6) is 0 Å². The molecular weight excluding hydrogens is 366 g/mol. The Balaban J connectivity index is 2.14. The predicted molar refractivity (Wildman–Crippen MR) is 90.7 cm³/mol. The first kappa shape index (κ1) is 16.5. The van der Waals surface area contributed by atoms with Crippen molar-refractivity contribution in [3.05, 3.63) is 75.1 Å². The summed E-state index contributed by atoms with van der Waals surface area (Å²) in [4.78, 5) is 12.0. The molecule has 22 heavy (non-hydrogen) atoms. The number of benzene rings is 2. The third-order valence-electron chi connectivity index (χ3n) is 2.84. The van der Waals surface area contributed by atoms with E-state index in [9.17, 15) is 13.2 Å². The molecule has 0 spiro atoms. The molecule has 0 fully saturated rings. The number of sulfonamides is 1. The average Bonchev–Trinajstić information content (AvgIpc) is 2.45. The molecule has 0 aliphatic rings. The van der Waals surface area contributed by atoms with Gasteiger partial charge in [-0.2, -0.15) is 0 Å². The highest BCUT2D eigenvalue weighted by molar-refractivity contribution is 9.10. The second-order valence-electron chi connectivity index (χ2n) is 4.67. The van der Waals surface area contributed by atoms with E-state index >= 15 is 0 Å². The molecule has 0 unspecified atom stereocenters. The van der Waals surface area contributed by atoms with Crippen molar-refractivity contribution in [3.8, 4) is 0 Å². The number of carbonyl (C=O) groups excluding carboxylic acids is 1. The maximum absolute atomic E-state index is 12.0. The maximum Gasteiger partial charge on any atom is 0.266 e. The van der Waals surface area contributed by atoms with Gasteiger partial charge in [-0.1, -0.05) is 36.4 Å². The van der Waals surface area contributed by atoms with E-state index in [-0.39, 0.29) is 5.56 Å². The Morgan fingerprint density at radius 1 is 1.14 bits per heavy atom. The van der Waals surface area contributed by atoms with E-state index < -0.39 is 15.9 Å². The van der Waals surface area contributed by atoms with Gasteiger partial charge < -0.3 is 0 Å². The standard InChI is InChI=1S/C16H14BrNO3S/c1-12-7-8-14(15(17)11-12)16(19)18-22(20,21)10-9-13-5-3-2-4-6-13/h2-11H,1H3,(H,18,19). The normalized spacial score (nSPS) is 11.5. The molecule has 2 aromatic carbocycles. The van der Waals surface area contributed by atoms with Crippen LogP contribution in [0.2, 0.25) is 0 Å². The number of hydrogen-bond acceptors (Lipinski definition) is 3. The molecular formula is C16H14BrNO3S. The lowest BCUT2D eigenvalue weighted by Gasteiger charge is -2.06. The van der Waals surface area contributed by atoms with Crippen LogP contribution in [0.25, 0.3) is 6.08 Å². The first-order chi connectivity index (χ1) is 10.4. The summed E-state index contributed by atoms with van der Waals surface area (Å²) in [6.45, 7) is 1.88. The van der Waals surface area contributed by atoms with Crippen LogP contribution >= 0.6 is 15.9 Å². The quantitative estimate of drug-likeness (QED) is 0.883. The van der Waals surface area contributed by atoms with E-state index in [4.69, 9.17) is 0 Å².